The van der Waals surface area contributed by atoms with Gasteiger partial charge in [0.2, 0.25) is 15.0 Å². The molecule has 0 saturated carbocycles. The van der Waals surface area contributed by atoms with Crippen molar-refractivity contribution in [2.24, 2.45) is 21.1 Å². The SMILES string of the molecule is Cn1c(=O)c2c(nc(S(=O)(=O)c3ccccc3[N+](=O)[O-])n2C)n(C)c1=O. The fourth-order valence-corrected chi connectivity index (χ4v) is 4.20. The molecular formula is C14H13N5O6S. The van der Waals surface area contributed by atoms with E-state index in [1.165, 1.54) is 33.3 Å². The van der Waals surface area contributed by atoms with Gasteiger partial charge in [-0.2, -0.15) is 4.98 Å². The number of hydrogen-bond acceptors (Lipinski definition) is 7. The Morgan fingerprint density at radius 3 is 2.27 bits per heavy atom. The second-order valence-electron chi connectivity index (χ2n) is 5.56. The molecule has 12 heteroatoms. The highest BCUT2D eigenvalue weighted by molar-refractivity contribution is 7.91. The Balaban J connectivity index is 2.44. The van der Waals surface area contributed by atoms with Crippen LogP contribution in [0.4, 0.5) is 5.69 Å². The first kappa shape index (κ1) is 17.5. The van der Waals surface area contributed by atoms with Crippen molar-refractivity contribution in [1.29, 1.82) is 0 Å². The van der Waals surface area contributed by atoms with Crippen LogP contribution in [0.1, 0.15) is 0 Å². The maximum Gasteiger partial charge on any atom is 0.332 e. The van der Waals surface area contributed by atoms with E-state index in [1.54, 1.807) is 0 Å². The molecule has 0 spiro atoms. The third-order valence-corrected chi connectivity index (χ3v) is 5.80. The highest BCUT2D eigenvalue weighted by Gasteiger charge is 2.32. The first-order chi connectivity index (χ1) is 12.1. The molecular weight excluding hydrogens is 366 g/mol. The molecule has 0 N–H and O–H groups in total. The summed E-state index contributed by atoms with van der Waals surface area (Å²) in [6.07, 6.45) is 0. The molecule has 1 aromatic carbocycles. The topological polar surface area (TPSA) is 139 Å². The zero-order valence-corrected chi connectivity index (χ0v) is 14.7. The predicted molar refractivity (Wildman–Crippen MR) is 89.7 cm³/mol. The second kappa shape index (κ2) is 5.62. The summed E-state index contributed by atoms with van der Waals surface area (Å²) in [5.41, 5.74) is -2.23. The Morgan fingerprint density at radius 1 is 1.04 bits per heavy atom. The number of rotatable bonds is 3. The fraction of sp³-hybridized carbons (Fsp3) is 0.214. The minimum absolute atomic E-state index is 0.105. The predicted octanol–water partition coefficient (Wildman–Crippen LogP) is -0.288. The number of sulfone groups is 1. The fourth-order valence-electron chi connectivity index (χ4n) is 2.67. The molecule has 0 aliphatic carbocycles. The molecule has 0 unspecified atom stereocenters. The van der Waals surface area contributed by atoms with Gasteiger partial charge in [0.1, 0.15) is 0 Å². The molecule has 3 aromatic rings. The van der Waals surface area contributed by atoms with E-state index < -0.39 is 41.7 Å². The van der Waals surface area contributed by atoms with Gasteiger partial charge >= 0.3 is 5.69 Å². The molecule has 0 aliphatic heterocycles. The quantitative estimate of drug-likeness (QED) is 0.450. The molecule has 136 valence electrons. The number of hydrogen-bond donors (Lipinski definition) is 0. The largest absolute Gasteiger partial charge is 0.332 e. The van der Waals surface area contributed by atoms with Crippen LogP contribution in [0.15, 0.2) is 43.9 Å². The van der Waals surface area contributed by atoms with Gasteiger partial charge in [-0.05, 0) is 6.07 Å². The number of aromatic nitrogens is 4. The lowest BCUT2D eigenvalue weighted by Crippen LogP contribution is -2.37. The van der Waals surface area contributed by atoms with E-state index in [0.29, 0.717) is 0 Å². The average Bonchev–Trinajstić information content (AvgIpc) is 2.96. The molecule has 0 fully saturated rings. The van der Waals surface area contributed by atoms with Crippen LogP contribution in [0, 0.1) is 10.1 Å². The van der Waals surface area contributed by atoms with E-state index in [0.717, 1.165) is 25.8 Å². The highest BCUT2D eigenvalue weighted by Crippen LogP contribution is 2.29. The zero-order valence-electron chi connectivity index (χ0n) is 13.9. The average molecular weight is 379 g/mol. The van der Waals surface area contributed by atoms with Crippen LogP contribution in [-0.4, -0.2) is 32.0 Å². The Hall–Kier alpha value is -3.28. The first-order valence-electron chi connectivity index (χ1n) is 7.20. The van der Waals surface area contributed by atoms with Crippen molar-refractivity contribution in [3.05, 3.63) is 55.2 Å². The minimum Gasteiger partial charge on any atom is -0.312 e. The first-order valence-corrected chi connectivity index (χ1v) is 8.68. The van der Waals surface area contributed by atoms with E-state index in [1.807, 2.05) is 0 Å². The van der Waals surface area contributed by atoms with Gasteiger partial charge < -0.3 is 4.57 Å². The summed E-state index contributed by atoms with van der Waals surface area (Å²) < 4.78 is 28.8. The molecule has 0 saturated heterocycles. The van der Waals surface area contributed by atoms with Crippen LogP contribution in [0.25, 0.3) is 11.2 Å². The zero-order chi connectivity index (χ0) is 19.4. The van der Waals surface area contributed by atoms with Gasteiger partial charge in [-0.15, -0.1) is 0 Å². The number of imidazole rings is 1. The summed E-state index contributed by atoms with van der Waals surface area (Å²) in [5.74, 6) is 0. The lowest BCUT2D eigenvalue weighted by Gasteiger charge is -2.05. The van der Waals surface area contributed by atoms with Crippen molar-refractivity contribution >= 4 is 26.7 Å². The second-order valence-corrected chi connectivity index (χ2v) is 7.37. The van der Waals surface area contributed by atoms with Gasteiger partial charge in [0.15, 0.2) is 16.1 Å². The number of nitro groups is 1. The van der Waals surface area contributed by atoms with Crippen molar-refractivity contribution in [2.45, 2.75) is 10.1 Å². The van der Waals surface area contributed by atoms with Crippen molar-refractivity contribution in [3.63, 3.8) is 0 Å². The molecule has 26 heavy (non-hydrogen) atoms. The van der Waals surface area contributed by atoms with E-state index in [-0.39, 0.29) is 11.2 Å². The minimum atomic E-state index is -4.42. The molecule has 2 heterocycles. The molecule has 0 bridgehead atoms. The van der Waals surface area contributed by atoms with Crippen LogP contribution in [-0.2, 0) is 31.0 Å². The maximum absolute atomic E-state index is 13.0. The molecule has 0 atom stereocenters. The van der Waals surface area contributed by atoms with Gasteiger partial charge in [0.25, 0.3) is 11.2 Å². The molecule has 0 aliphatic rings. The van der Waals surface area contributed by atoms with E-state index in [4.69, 9.17) is 0 Å². The molecule has 0 radical (unpaired) electrons. The molecule has 0 amide bonds. The number of fused-ring (bicyclic) bond motifs is 1. The van der Waals surface area contributed by atoms with Crippen LogP contribution < -0.4 is 11.2 Å². The third kappa shape index (κ3) is 2.26. The van der Waals surface area contributed by atoms with Gasteiger partial charge in [0.05, 0.1) is 4.92 Å². The summed E-state index contributed by atoms with van der Waals surface area (Å²) in [4.78, 5) is 38.1. The lowest BCUT2D eigenvalue weighted by molar-refractivity contribution is -0.387. The smallest absolute Gasteiger partial charge is 0.312 e. The number of aryl methyl sites for hydroxylation is 2. The Labute approximate surface area is 145 Å². The molecule has 2 aromatic heterocycles. The molecule has 11 nitrogen and oxygen atoms in total. The standard InChI is InChI=1S/C14H13N5O6S/c1-16-10-11(17(2)14(21)18(3)12(10)20)15-13(16)26(24,25)9-7-5-4-6-8(9)19(22)23/h4-7H,1-3H3. The number of nitrogens with zero attached hydrogens (tertiary/aromatic N) is 5. The van der Waals surface area contributed by atoms with Crippen LogP contribution in [0.2, 0.25) is 0 Å². The van der Waals surface area contributed by atoms with E-state index >= 15 is 0 Å². The summed E-state index contributed by atoms with van der Waals surface area (Å²) in [7, 11) is -0.522. The van der Waals surface area contributed by atoms with Crippen molar-refractivity contribution < 1.29 is 13.3 Å². The summed E-state index contributed by atoms with van der Waals surface area (Å²) in [6, 6.07) is 4.83. The number of benzene rings is 1. The lowest BCUT2D eigenvalue weighted by atomic mass is 10.3. The van der Waals surface area contributed by atoms with Gasteiger partial charge in [-0.3, -0.25) is 24.0 Å². The Bertz CT molecular complexity index is 1300. The number of nitro benzene ring substituents is 1. The summed E-state index contributed by atoms with van der Waals surface area (Å²) in [5, 5.41) is 10.6. The highest BCUT2D eigenvalue weighted by atomic mass is 32.2. The van der Waals surface area contributed by atoms with Crippen molar-refractivity contribution in [2.75, 3.05) is 0 Å². The Morgan fingerprint density at radius 2 is 1.65 bits per heavy atom. The summed E-state index contributed by atoms with van der Waals surface area (Å²) >= 11 is 0. The van der Waals surface area contributed by atoms with Crippen LogP contribution in [0.3, 0.4) is 0 Å². The van der Waals surface area contributed by atoms with Crippen LogP contribution in [0.5, 0.6) is 0 Å². The van der Waals surface area contributed by atoms with Crippen molar-refractivity contribution in [1.82, 2.24) is 18.7 Å². The Kier molecular flexibility index (Phi) is 3.79. The van der Waals surface area contributed by atoms with Gasteiger partial charge in [0, 0.05) is 27.2 Å². The summed E-state index contributed by atoms with van der Waals surface area (Å²) in [6.45, 7) is 0. The van der Waals surface area contributed by atoms with E-state index in [9.17, 15) is 28.1 Å². The monoisotopic (exact) mass is 379 g/mol. The third-order valence-electron chi connectivity index (χ3n) is 4.03. The normalized spacial score (nSPS) is 11.8. The van der Waals surface area contributed by atoms with Gasteiger partial charge in [-0.25, -0.2) is 13.2 Å². The van der Waals surface area contributed by atoms with Crippen LogP contribution >= 0.6 is 0 Å². The maximum atomic E-state index is 13.0. The van der Waals surface area contributed by atoms with E-state index in [2.05, 4.69) is 4.98 Å². The number of para-hydroxylation sites is 1. The van der Waals surface area contributed by atoms with Crippen molar-refractivity contribution in [3.8, 4) is 0 Å². The molecule has 3 rings (SSSR count). The van der Waals surface area contributed by atoms with Gasteiger partial charge in [-0.1, -0.05) is 12.1 Å².